The smallest absolute Gasteiger partial charge is 0.305 e. The van der Waals surface area contributed by atoms with Crippen LogP contribution in [0.15, 0.2) is 18.2 Å². The second kappa shape index (κ2) is 9.52. The minimum Gasteiger partial charge on any atom is -0.497 e. The van der Waals surface area contributed by atoms with Gasteiger partial charge in [0, 0.05) is 24.5 Å². The zero-order chi connectivity index (χ0) is 18.9. The van der Waals surface area contributed by atoms with E-state index >= 15 is 0 Å². The first-order valence-corrected chi connectivity index (χ1v) is 7.73. The average Bonchev–Trinajstić information content (AvgIpc) is 2.67. The zero-order valence-corrected chi connectivity index (χ0v) is 15.0. The van der Waals surface area contributed by atoms with E-state index in [-0.39, 0.29) is 25.7 Å². The first-order chi connectivity index (χ1) is 12.0. The van der Waals surface area contributed by atoms with Gasteiger partial charge in [-0.05, 0) is 18.9 Å². The van der Waals surface area contributed by atoms with Gasteiger partial charge in [0.1, 0.15) is 11.5 Å². The first kappa shape index (κ1) is 20.3. The van der Waals surface area contributed by atoms with Crippen LogP contribution in [0.4, 0.5) is 0 Å². The van der Waals surface area contributed by atoms with Gasteiger partial charge in [0.25, 0.3) is 0 Å². The Morgan fingerprint density at radius 1 is 1.00 bits per heavy atom. The minimum absolute atomic E-state index is 0.0421. The maximum atomic E-state index is 11.6. The number of carbonyl (C=O) groups is 2. The van der Waals surface area contributed by atoms with E-state index in [2.05, 4.69) is 15.5 Å². The number of hydrogen-bond acceptors (Lipinski definition) is 7. The lowest BCUT2D eigenvalue weighted by atomic mass is 9.74. The van der Waals surface area contributed by atoms with Gasteiger partial charge < -0.3 is 18.9 Å². The molecule has 0 fully saturated rings. The predicted molar refractivity (Wildman–Crippen MR) is 89.3 cm³/mol. The molecule has 0 spiro atoms. The van der Waals surface area contributed by atoms with E-state index in [1.807, 2.05) is 0 Å². The molecule has 7 nitrogen and oxygen atoms in total. The highest BCUT2D eigenvalue weighted by atomic mass is 16.5. The van der Waals surface area contributed by atoms with Gasteiger partial charge in [-0.25, -0.2) is 0 Å². The SMILES string of the molecule is COC(=O)CCC(C#N)(CCC(=O)OC)c1ccc(OC)cc1OC. The maximum absolute atomic E-state index is 11.6. The highest BCUT2D eigenvalue weighted by Crippen LogP contribution is 2.41. The average molecular weight is 349 g/mol. The Morgan fingerprint density at radius 3 is 1.96 bits per heavy atom. The summed E-state index contributed by atoms with van der Waals surface area (Å²) in [6, 6.07) is 7.36. The van der Waals surface area contributed by atoms with Crippen LogP contribution in [0, 0.1) is 11.3 Å². The molecule has 136 valence electrons. The van der Waals surface area contributed by atoms with E-state index in [0.717, 1.165) is 0 Å². The summed E-state index contributed by atoms with van der Waals surface area (Å²) in [5, 5.41) is 9.91. The molecule has 1 aromatic rings. The van der Waals surface area contributed by atoms with Crippen molar-refractivity contribution in [1.29, 1.82) is 5.26 Å². The molecule has 0 saturated heterocycles. The Balaban J connectivity index is 3.30. The summed E-state index contributed by atoms with van der Waals surface area (Å²) in [5.41, 5.74) is -0.508. The molecule has 25 heavy (non-hydrogen) atoms. The van der Waals surface area contributed by atoms with Gasteiger partial charge in [-0.2, -0.15) is 5.26 Å². The Morgan fingerprint density at radius 2 is 1.56 bits per heavy atom. The molecule has 0 saturated carbocycles. The Bertz CT molecular complexity index is 629. The standard InChI is InChI=1S/C18H23NO6/c1-22-13-5-6-14(15(11-13)23-2)18(12-19,9-7-16(20)24-3)10-8-17(21)25-4/h5-6,11H,7-10H2,1-4H3. The summed E-state index contributed by atoms with van der Waals surface area (Å²) >= 11 is 0. The number of carbonyl (C=O) groups excluding carboxylic acids is 2. The number of benzene rings is 1. The second-order valence-corrected chi connectivity index (χ2v) is 5.41. The molecule has 0 radical (unpaired) electrons. The monoisotopic (exact) mass is 349 g/mol. The summed E-state index contributed by atoms with van der Waals surface area (Å²) < 4.78 is 19.9. The van der Waals surface area contributed by atoms with Crippen molar-refractivity contribution >= 4 is 11.9 Å². The molecule has 0 aromatic heterocycles. The molecule has 7 heteroatoms. The highest BCUT2D eigenvalue weighted by molar-refractivity contribution is 5.70. The fourth-order valence-corrected chi connectivity index (χ4v) is 2.60. The third-order valence-corrected chi connectivity index (χ3v) is 4.11. The molecular weight excluding hydrogens is 326 g/mol. The topological polar surface area (TPSA) is 94.9 Å². The normalized spacial score (nSPS) is 10.5. The van der Waals surface area contributed by atoms with Gasteiger partial charge in [0.05, 0.1) is 39.9 Å². The van der Waals surface area contributed by atoms with Crippen molar-refractivity contribution in [3.05, 3.63) is 23.8 Å². The molecule has 0 N–H and O–H groups in total. The number of rotatable bonds is 9. The molecule has 0 aliphatic rings. The van der Waals surface area contributed by atoms with Gasteiger partial charge in [-0.3, -0.25) is 9.59 Å². The number of methoxy groups -OCH3 is 4. The second-order valence-electron chi connectivity index (χ2n) is 5.41. The maximum Gasteiger partial charge on any atom is 0.305 e. The fourth-order valence-electron chi connectivity index (χ4n) is 2.60. The number of nitriles is 1. The molecule has 1 rings (SSSR count). The minimum atomic E-state index is -1.10. The van der Waals surface area contributed by atoms with Crippen molar-refractivity contribution < 1.29 is 28.5 Å². The first-order valence-electron chi connectivity index (χ1n) is 7.73. The van der Waals surface area contributed by atoms with Gasteiger partial charge in [-0.1, -0.05) is 6.07 Å². The number of ether oxygens (including phenoxy) is 4. The van der Waals surface area contributed by atoms with Crippen molar-refractivity contribution in [3.8, 4) is 17.6 Å². The number of esters is 2. The van der Waals surface area contributed by atoms with E-state index in [9.17, 15) is 14.9 Å². The molecule has 0 amide bonds. The third kappa shape index (κ3) is 5.11. The van der Waals surface area contributed by atoms with Gasteiger partial charge in [-0.15, -0.1) is 0 Å². The van der Waals surface area contributed by atoms with Crippen LogP contribution in [0.25, 0.3) is 0 Å². The molecule has 0 unspecified atom stereocenters. The van der Waals surface area contributed by atoms with Crippen molar-refractivity contribution in [2.45, 2.75) is 31.1 Å². The van der Waals surface area contributed by atoms with Gasteiger partial charge in [0.15, 0.2) is 0 Å². The molecule has 0 aliphatic carbocycles. The number of hydrogen-bond donors (Lipinski definition) is 0. The lowest BCUT2D eigenvalue weighted by Gasteiger charge is -2.28. The summed E-state index contributed by atoms with van der Waals surface area (Å²) in [6.45, 7) is 0. The lowest BCUT2D eigenvalue weighted by molar-refractivity contribution is -0.141. The summed E-state index contributed by atoms with van der Waals surface area (Å²) in [4.78, 5) is 23.2. The van der Waals surface area contributed by atoms with Crippen LogP contribution >= 0.6 is 0 Å². The Kier molecular flexibility index (Phi) is 7.73. The van der Waals surface area contributed by atoms with Crippen LogP contribution in [0.3, 0.4) is 0 Å². The Hall–Kier alpha value is -2.75. The summed E-state index contributed by atoms with van der Waals surface area (Å²) in [7, 11) is 5.60. The van der Waals surface area contributed by atoms with E-state index < -0.39 is 17.4 Å². The van der Waals surface area contributed by atoms with Gasteiger partial charge in [0.2, 0.25) is 0 Å². The van der Waals surface area contributed by atoms with Crippen molar-refractivity contribution in [2.24, 2.45) is 0 Å². The molecular formula is C18H23NO6. The van der Waals surface area contributed by atoms with E-state index in [0.29, 0.717) is 17.1 Å². The fraction of sp³-hybridized carbons (Fsp3) is 0.500. The molecule has 0 bridgehead atoms. The van der Waals surface area contributed by atoms with Crippen LogP contribution in [-0.4, -0.2) is 40.4 Å². The predicted octanol–water partition coefficient (Wildman–Crippen LogP) is 2.37. The number of nitrogens with zero attached hydrogens (tertiary/aromatic N) is 1. The highest BCUT2D eigenvalue weighted by Gasteiger charge is 2.36. The lowest BCUT2D eigenvalue weighted by Crippen LogP contribution is -2.27. The van der Waals surface area contributed by atoms with Crippen molar-refractivity contribution in [1.82, 2.24) is 0 Å². The van der Waals surface area contributed by atoms with Crippen LogP contribution in [0.2, 0.25) is 0 Å². The van der Waals surface area contributed by atoms with Gasteiger partial charge >= 0.3 is 11.9 Å². The van der Waals surface area contributed by atoms with E-state index in [1.54, 1.807) is 18.2 Å². The van der Waals surface area contributed by atoms with Crippen LogP contribution in [0.5, 0.6) is 11.5 Å². The molecule has 0 aliphatic heterocycles. The molecule has 0 heterocycles. The van der Waals surface area contributed by atoms with E-state index in [1.165, 1.54) is 28.4 Å². The molecule has 0 atom stereocenters. The van der Waals surface area contributed by atoms with Crippen LogP contribution in [-0.2, 0) is 24.5 Å². The Labute approximate surface area is 147 Å². The molecule has 1 aromatic carbocycles. The summed E-state index contributed by atoms with van der Waals surface area (Å²) in [6.07, 6.45) is 0.465. The van der Waals surface area contributed by atoms with Crippen LogP contribution in [0.1, 0.15) is 31.2 Å². The third-order valence-electron chi connectivity index (χ3n) is 4.11. The quantitative estimate of drug-likeness (QED) is 0.632. The van der Waals surface area contributed by atoms with Crippen molar-refractivity contribution in [3.63, 3.8) is 0 Å². The van der Waals surface area contributed by atoms with Crippen LogP contribution < -0.4 is 9.47 Å². The van der Waals surface area contributed by atoms with E-state index in [4.69, 9.17) is 9.47 Å². The largest absolute Gasteiger partial charge is 0.497 e. The summed E-state index contributed by atoms with van der Waals surface area (Å²) in [5.74, 6) is 0.180. The zero-order valence-electron chi connectivity index (χ0n) is 15.0. The van der Waals surface area contributed by atoms with Crippen molar-refractivity contribution in [2.75, 3.05) is 28.4 Å².